The number of amides is 1. The van der Waals surface area contributed by atoms with Crippen LogP contribution in [0.15, 0.2) is 24.3 Å². The highest BCUT2D eigenvalue weighted by Gasteiger charge is 2.14. The second kappa shape index (κ2) is 5.69. The van der Waals surface area contributed by atoms with E-state index in [0.29, 0.717) is 16.8 Å². The number of aromatic hydroxyl groups is 1. The van der Waals surface area contributed by atoms with E-state index in [1.807, 2.05) is 0 Å². The number of aryl methyl sites for hydroxylation is 2. The molecule has 0 bridgehead atoms. The standard InChI is InChI=1S/C14H12Cl2N2O2/c1-7-5-9(19)3-4-10(7)14(20)18-12-8(2)6-11(15)17-13(12)16/h3-6,19H,1-2H3,(H,18,20). The van der Waals surface area contributed by atoms with Gasteiger partial charge in [-0.1, -0.05) is 23.2 Å². The fourth-order valence-electron chi connectivity index (χ4n) is 1.83. The summed E-state index contributed by atoms with van der Waals surface area (Å²) < 4.78 is 0. The van der Waals surface area contributed by atoms with E-state index in [4.69, 9.17) is 23.2 Å². The number of carbonyl (C=O) groups excluding carboxylic acids is 1. The normalized spacial score (nSPS) is 10.4. The van der Waals surface area contributed by atoms with Crippen molar-refractivity contribution in [1.29, 1.82) is 0 Å². The van der Waals surface area contributed by atoms with Crippen LogP contribution < -0.4 is 5.32 Å². The molecule has 104 valence electrons. The summed E-state index contributed by atoms with van der Waals surface area (Å²) in [5.74, 6) is -0.210. The van der Waals surface area contributed by atoms with Crippen molar-refractivity contribution in [2.45, 2.75) is 13.8 Å². The minimum Gasteiger partial charge on any atom is -0.508 e. The second-order valence-electron chi connectivity index (χ2n) is 4.38. The number of carbonyl (C=O) groups is 1. The van der Waals surface area contributed by atoms with Gasteiger partial charge in [-0.2, -0.15) is 0 Å². The number of hydrogen-bond donors (Lipinski definition) is 2. The molecule has 1 aromatic carbocycles. The Labute approximate surface area is 126 Å². The Kier molecular flexibility index (Phi) is 4.16. The van der Waals surface area contributed by atoms with Gasteiger partial charge in [-0.15, -0.1) is 0 Å². The molecule has 4 nitrogen and oxygen atoms in total. The molecule has 0 aliphatic heterocycles. The molecule has 20 heavy (non-hydrogen) atoms. The van der Waals surface area contributed by atoms with Gasteiger partial charge in [0.25, 0.3) is 5.91 Å². The van der Waals surface area contributed by atoms with Gasteiger partial charge in [-0.25, -0.2) is 4.98 Å². The number of nitrogens with one attached hydrogen (secondary N) is 1. The van der Waals surface area contributed by atoms with Crippen LogP contribution in [-0.4, -0.2) is 16.0 Å². The number of benzene rings is 1. The molecule has 1 aromatic heterocycles. The summed E-state index contributed by atoms with van der Waals surface area (Å²) in [5.41, 5.74) is 2.26. The van der Waals surface area contributed by atoms with Gasteiger partial charge in [0.05, 0.1) is 5.69 Å². The smallest absolute Gasteiger partial charge is 0.256 e. The summed E-state index contributed by atoms with van der Waals surface area (Å²) >= 11 is 11.8. The van der Waals surface area contributed by atoms with Gasteiger partial charge in [0.15, 0.2) is 5.15 Å². The Morgan fingerprint density at radius 2 is 1.90 bits per heavy atom. The third-order valence-corrected chi connectivity index (χ3v) is 3.30. The predicted octanol–water partition coefficient (Wildman–Crippen LogP) is 3.96. The number of pyridine rings is 1. The quantitative estimate of drug-likeness (QED) is 0.825. The molecule has 0 aliphatic carbocycles. The first-order valence-electron chi connectivity index (χ1n) is 5.82. The van der Waals surface area contributed by atoms with Crippen LogP contribution >= 0.6 is 23.2 Å². The zero-order valence-corrected chi connectivity index (χ0v) is 12.4. The Balaban J connectivity index is 2.33. The lowest BCUT2D eigenvalue weighted by Crippen LogP contribution is -2.14. The molecule has 0 unspecified atom stereocenters. The molecule has 0 saturated carbocycles. The van der Waals surface area contributed by atoms with Crippen LogP contribution in [0.2, 0.25) is 10.3 Å². The molecular formula is C14H12Cl2N2O2. The fraction of sp³-hybridized carbons (Fsp3) is 0.143. The van der Waals surface area contributed by atoms with Crippen molar-refractivity contribution in [2.75, 3.05) is 5.32 Å². The molecule has 0 spiro atoms. The van der Waals surface area contributed by atoms with Crippen LogP contribution in [0.1, 0.15) is 21.5 Å². The first-order chi connectivity index (χ1) is 9.38. The first-order valence-corrected chi connectivity index (χ1v) is 6.57. The summed E-state index contributed by atoms with van der Waals surface area (Å²) in [4.78, 5) is 16.1. The maximum Gasteiger partial charge on any atom is 0.256 e. The average molecular weight is 311 g/mol. The van der Waals surface area contributed by atoms with E-state index < -0.39 is 0 Å². The van der Waals surface area contributed by atoms with E-state index in [0.717, 1.165) is 5.56 Å². The first kappa shape index (κ1) is 14.6. The van der Waals surface area contributed by atoms with Gasteiger partial charge in [-0.3, -0.25) is 4.79 Å². The van der Waals surface area contributed by atoms with Crippen molar-refractivity contribution in [3.8, 4) is 5.75 Å². The SMILES string of the molecule is Cc1cc(O)ccc1C(=O)Nc1c(C)cc(Cl)nc1Cl. The Bertz CT molecular complexity index is 664. The van der Waals surface area contributed by atoms with Gasteiger partial charge >= 0.3 is 0 Å². The minimum atomic E-state index is -0.323. The topological polar surface area (TPSA) is 62.2 Å². The van der Waals surface area contributed by atoms with Crippen molar-refractivity contribution in [2.24, 2.45) is 0 Å². The van der Waals surface area contributed by atoms with Crippen molar-refractivity contribution in [3.05, 3.63) is 51.3 Å². The van der Waals surface area contributed by atoms with Crippen LogP contribution in [0, 0.1) is 13.8 Å². The third-order valence-electron chi connectivity index (χ3n) is 2.83. The number of anilines is 1. The average Bonchev–Trinajstić information content (AvgIpc) is 2.33. The summed E-state index contributed by atoms with van der Waals surface area (Å²) in [6.45, 7) is 3.52. The van der Waals surface area contributed by atoms with E-state index in [1.165, 1.54) is 12.1 Å². The lowest BCUT2D eigenvalue weighted by molar-refractivity contribution is 0.102. The largest absolute Gasteiger partial charge is 0.508 e. The van der Waals surface area contributed by atoms with Crippen LogP contribution in [0.25, 0.3) is 0 Å². The number of halogens is 2. The number of rotatable bonds is 2. The van der Waals surface area contributed by atoms with Crippen molar-refractivity contribution in [1.82, 2.24) is 4.98 Å². The predicted molar refractivity (Wildman–Crippen MR) is 79.8 cm³/mol. The lowest BCUT2D eigenvalue weighted by Gasteiger charge is -2.11. The minimum absolute atomic E-state index is 0.112. The Morgan fingerprint density at radius 1 is 1.20 bits per heavy atom. The maximum absolute atomic E-state index is 12.2. The number of aromatic nitrogens is 1. The molecule has 2 aromatic rings. The monoisotopic (exact) mass is 310 g/mol. The van der Waals surface area contributed by atoms with Gasteiger partial charge in [-0.05, 0) is 49.2 Å². The van der Waals surface area contributed by atoms with E-state index in [-0.39, 0.29) is 22.0 Å². The van der Waals surface area contributed by atoms with E-state index in [2.05, 4.69) is 10.3 Å². The third kappa shape index (κ3) is 3.03. The molecule has 0 atom stereocenters. The fourth-order valence-corrected chi connectivity index (χ4v) is 2.41. The molecule has 6 heteroatoms. The van der Waals surface area contributed by atoms with Crippen LogP contribution in [0.3, 0.4) is 0 Å². The molecule has 1 heterocycles. The van der Waals surface area contributed by atoms with Gasteiger partial charge < -0.3 is 10.4 Å². The van der Waals surface area contributed by atoms with Crippen LogP contribution in [0.4, 0.5) is 5.69 Å². The van der Waals surface area contributed by atoms with Crippen molar-refractivity contribution < 1.29 is 9.90 Å². The molecule has 2 rings (SSSR count). The molecule has 1 amide bonds. The summed E-state index contributed by atoms with van der Waals surface area (Å²) in [6.07, 6.45) is 0. The molecule has 0 radical (unpaired) electrons. The lowest BCUT2D eigenvalue weighted by atomic mass is 10.1. The zero-order valence-electron chi connectivity index (χ0n) is 10.9. The number of nitrogens with zero attached hydrogens (tertiary/aromatic N) is 1. The number of phenols is 1. The van der Waals surface area contributed by atoms with Gasteiger partial charge in [0, 0.05) is 5.56 Å². The Hall–Kier alpha value is -1.78. The molecule has 2 N–H and O–H groups in total. The van der Waals surface area contributed by atoms with Crippen LogP contribution in [-0.2, 0) is 0 Å². The molecule has 0 fully saturated rings. The van der Waals surface area contributed by atoms with E-state index in [9.17, 15) is 9.90 Å². The summed E-state index contributed by atoms with van der Waals surface area (Å²) in [7, 11) is 0. The summed E-state index contributed by atoms with van der Waals surface area (Å²) in [6, 6.07) is 6.14. The van der Waals surface area contributed by atoms with E-state index >= 15 is 0 Å². The molecule has 0 saturated heterocycles. The van der Waals surface area contributed by atoms with Crippen molar-refractivity contribution >= 4 is 34.8 Å². The summed E-state index contributed by atoms with van der Waals surface area (Å²) in [5, 5.41) is 12.5. The number of phenolic OH excluding ortho intramolecular Hbond substituents is 1. The van der Waals surface area contributed by atoms with Crippen LogP contribution in [0.5, 0.6) is 5.75 Å². The Morgan fingerprint density at radius 3 is 2.50 bits per heavy atom. The van der Waals surface area contributed by atoms with Gasteiger partial charge in [0.2, 0.25) is 0 Å². The van der Waals surface area contributed by atoms with E-state index in [1.54, 1.807) is 26.0 Å². The molecular weight excluding hydrogens is 299 g/mol. The highest BCUT2D eigenvalue weighted by Crippen LogP contribution is 2.27. The molecule has 0 aliphatic rings. The second-order valence-corrected chi connectivity index (χ2v) is 5.13. The highest BCUT2D eigenvalue weighted by molar-refractivity contribution is 6.35. The number of hydrogen-bond acceptors (Lipinski definition) is 3. The highest BCUT2D eigenvalue weighted by atomic mass is 35.5. The van der Waals surface area contributed by atoms with Gasteiger partial charge in [0.1, 0.15) is 10.9 Å². The maximum atomic E-state index is 12.2. The zero-order chi connectivity index (χ0) is 14.9. The van der Waals surface area contributed by atoms with Crippen molar-refractivity contribution in [3.63, 3.8) is 0 Å².